The zero-order chi connectivity index (χ0) is 72.3. The summed E-state index contributed by atoms with van der Waals surface area (Å²) in [6.07, 6.45) is 13.5. The molecule has 0 spiro atoms. The Kier molecular flexibility index (Phi) is 17.9. The van der Waals surface area contributed by atoms with Crippen molar-refractivity contribution in [1.29, 1.82) is 0 Å². The maximum Gasteiger partial charge on any atom is 0.0714 e. The van der Waals surface area contributed by atoms with E-state index in [4.69, 9.17) is 0 Å². The fourth-order valence-electron chi connectivity index (χ4n) is 20.0. The zero-order valence-corrected chi connectivity index (χ0v) is 63.5. The van der Waals surface area contributed by atoms with Crippen LogP contribution in [0.2, 0.25) is 0 Å². The van der Waals surface area contributed by atoms with E-state index in [9.17, 15) is 0 Å². The quantitative estimate of drug-likeness (QED) is 0.139. The van der Waals surface area contributed by atoms with Crippen molar-refractivity contribution >= 4 is 44.4 Å². The maximum absolute atomic E-state index is 3.80. The second-order valence-electron chi connectivity index (χ2n) is 31.6. The summed E-state index contributed by atoms with van der Waals surface area (Å²) >= 11 is 3.63. The van der Waals surface area contributed by atoms with Gasteiger partial charge in [-0.2, -0.15) is 0 Å². The van der Waals surface area contributed by atoms with Crippen LogP contribution in [0, 0.1) is 0 Å². The Morgan fingerprint density at radius 2 is 0.579 bits per heavy atom. The third-order valence-corrected chi connectivity index (χ3v) is 25.8. The summed E-state index contributed by atoms with van der Waals surface area (Å²) in [5.74, 6) is 1.37. The van der Waals surface area contributed by atoms with Gasteiger partial charge in [-0.1, -0.05) is 361 Å². The van der Waals surface area contributed by atoms with Crippen LogP contribution in [-0.2, 0) is 21.7 Å². The Hall–Kier alpha value is -10.8. The largest absolute Gasteiger partial charge is 0.356 e. The minimum atomic E-state index is -0.458. The van der Waals surface area contributed by atoms with Crippen molar-refractivity contribution in [3.63, 3.8) is 0 Å². The Bertz CT molecular complexity index is 5520. The fraction of sp³-hybridized carbons (Fsp3) is 0.192. The smallest absolute Gasteiger partial charge is 0.0714 e. The minimum absolute atomic E-state index is 0.0288. The first kappa shape index (κ1) is 68.0. The van der Waals surface area contributed by atoms with Crippen LogP contribution in [-0.4, -0.2) is 0 Å². The van der Waals surface area contributed by atoms with Crippen molar-refractivity contribution in [2.45, 2.75) is 125 Å². The van der Waals surface area contributed by atoms with Crippen LogP contribution < -0.4 is 10.2 Å². The summed E-state index contributed by atoms with van der Waals surface area (Å²) in [6, 6.07) is 126. The summed E-state index contributed by atoms with van der Waals surface area (Å²) in [4.78, 5) is 2.59. The van der Waals surface area contributed by atoms with Gasteiger partial charge in [0.05, 0.1) is 10.8 Å². The van der Waals surface area contributed by atoms with Gasteiger partial charge in [0.2, 0.25) is 0 Å². The molecule has 0 aromatic heterocycles. The van der Waals surface area contributed by atoms with Crippen molar-refractivity contribution in [3.05, 3.63) is 422 Å². The van der Waals surface area contributed by atoms with E-state index in [1.807, 2.05) is 0 Å². The third kappa shape index (κ3) is 11.6. The van der Waals surface area contributed by atoms with E-state index >= 15 is 0 Å². The molecule has 0 unspecified atom stereocenters. The van der Waals surface area contributed by atoms with E-state index in [1.54, 1.807) is 0 Å². The van der Waals surface area contributed by atoms with Crippen LogP contribution in [0.4, 0.5) is 28.4 Å². The number of nitrogens with zero attached hydrogens (tertiary/aromatic N) is 1. The highest BCUT2D eigenvalue weighted by molar-refractivity contribution is 9.10. The number of para-hydroxylation sites is 1. The molecule has 6 aliphatic rings. The summed E-state index contributed by atoms with van der Waals surface area (Å²) in [5.41, 5.74) is 34.6. The molecule has 0 amide bonds. The molecule has 2 nitrogen and oxygen atoms in total. The number of hydrogen-bond donors (Lipinski definition) is 1. The van der Waals surface area contributed by atoms with Crippen molar-refractivity contribution < 1.29 is 0 Å². The van der Waals surface area contributed by atoms with Crippen molar-refractivity contribution in [1.82, 2.24) is 0 Å². The molecule has 0 bridgehead atoms. The molecule has 524 valence electrons. The lowest BCUT2D eigenvalue weighted by molar-refractivity contribution is 0.442. The van der Waals surface area contributed by atoms with E-state index in [1.165, 1.54) is 208 Å². The second kappa shape index (κ2) is 28.1. The maximum atomic E-state index is 3.80. The molecule has 0 heterocycles. The second-order valence-corrected chi connectivity index (χ2v) is 32.4. The lowest BCUT2D eigenvalue weighted by Gasteiger charge is -2.36. The first-order valence-corrected chi connectivity index (χ1v) is 39.9. The zero-order valence-electron chi connectivity index (χ0n) is 61.9. The molecule has 14 aromatic rings. The number of rotatable bonds is 11. The monoisotopic (exact) mass is 1450 g/mol. The Labute approximate surface area is 642 Å². The number of halogens is 1. The Morgan fingerprint density at radius 3 is 1.03 bits per heavy atom. The molecular formula is C104H91BrN2. The molecule has 0 radical (unpaired) electrons. The summed E-state index contributed by atoms with van der Waals surface area (Å²) < 4.78 is 1.29. The Balaban J connectivity index is 0.000000132. The number of fused-ring (bicyclic) bond motifs is 12. The van der Waals surface area contributed by atoms with Crippen LogP contribution in [0.5, 0.6) is 0 Å². The van der Waals surface area contributed by atoms with Gasteiger partial charge < -0.3 is 10.2 Å². The van der Waals surface area contributed by atoms with Crippen LogP contribution in [0.1, 0.15) is 182 Å². The van der Waals surface area contributed by atoms with Gasteiger partial charge >= 0.3 is 0 Å². The first-order valence-electron chi connectivity index (χ1n) is 39.1. The molecule has 0 aliphatic heterocycles. The van der Waals surface area contributed by atoms with Gasteiger partial charge in [-0.3, -0.25) is 0 Å². The lowest BCUT2D eigenvalue weighted by Crippen LogP contribution is -2.28. The normalized spacial score (nSPS) is 16.1. The SMILES string of the molecule is Brc1ccccc1C1CCCCC1.CC1(C)c2ccccc2-c2ccc(N(c3ccc4c(c3)C(c3ccccc3)(c3ccccc3)c3ccccc3-4)c3ccccc3C3CCCCC3)cc21.CC1(C)c2ccccc2-c2ccc(Nc3ccc4c(c3)C(c3ccccc3)(c3ccccc3)c3ccccc3-4)cc21. The number of anilines is 5. The van der Waals surface area contributed by atoms with Crippen LogP contribution >= 0.6 is 15.9 Å². The standard InChI is InChI=1S/C52H45N.C40H31N.C12H15Br/c1-51(2)46-27-15-12-25-42(46)44-32-30-39(34-48(44)51)53(50-29-17-14-24-41(50)36-18-6-3-7-19-36)40-31-33-45-43-26-13-16-28-47(43)52(49(45)35-40,37-20-8-4-9-21-37)38-22-10-5-11-23-38;1-39(2)35-19-11-9-17-31(35)33-23-21-29(25-37(33)39)41-30-22-24-34-32-18-10-12-20-36(32)40(38(34)26-30,27-13-5-3-6-14-27)28-15-7-4-8-16-28;13-12-9-5-4-8-11(12)10-6-2-1-3-7-10/h4-5,8-17,20-36H,3,6-7,18-19H2,1-2H3;3-26,41H,1-2H3;4-5,8-10H,1-3,6-7H2. The predicted octanol–water partition coefficient (Wildman–Crippen LogP) is 28.5. The van der Waals surface area contributed by atoms with Gasteiger partial charge in [0.25, 0.3) is 0 Å². The first-order chi connectivity index (χ1) is 52.5. The van der Waals surface area contributed by atoms with Crippen molar-refractivity contribution in [2.75, 3.05) is 10.2 Å². The average Bonchev–Trinajstić information content (AvgIpc) is 1.55. The Morgan fingerprint density at radius 1 is 0.271 bits per heavy atom. The van der Waals surface area contributed by atoms with Gasteiger partial charge in [-0.05, 0) is 221 Å². The molecule has 3 heteroatoms. The summed E-state index contributed by atoms with van der Waals surface area (Å²) in [7, 11) is 0. The number of nitrogens with one attached hydrogen (secondary N) is 1. The molecule has 107 heavy (non-hydrogen) atoms. The number of benzene rings is 14. The van der Waals surface area contributed by atoms with E-state index < -0.39 is 10.8 Å². The van der Waals surface area contributed by atoms with Gasteiger partial charge in [0.1, 0.15) is 0 Å². The molecule has 0 saturated heterocycles. The highest BCUT2D eigenvalue weighted by Gasteiger charge is 2.48. The van der Waals surface area contributed by atoms with Gasteiger partial charge in [-0.15, -0.1) is 0 Å². The van der Waals surface area contributed by atoms with Crippen LogP contribution in [0.3, 0.4) is 0 Å². The van der Waals surface area contributed by atoms with Gasteiger partial charge in [0.15, 0.2) is 0 Å². The molecule has 14 aromatic carbocycles. The molecule has 6 aliphatic carbocycles. The third-order valence-electron chi connectivity index (χ3n) is 25.0. The average molecular weight is 1450 g/mol. The van der Waals surface area contributed by atoms with Crippen molar-refractivity contribution in [2.24, 2.45) is 0 Å². The van der Waals surface area contributed by atoms with E-state index in [-0.39, 0.29) is 10.8 Å². The molecule has 2 saturated carbocycles. The lowest BCUT2D eigenvalue weighted by atomic mass is 9.67. The molecule has 1 N–H and O–H groups in total. The topological polar surface area (TPSA) is 15.3 Å². The molecule has 0 atom stereocenters. The minimum Gasteiger partial charge on any atom is -0.356 e. The van der Waals surface area contributed by atoms with Gasteiger partial charge in [0, 0.05) is 43.7 Å². The number of hydrogen-bond acceptors (Lipinski definition) is 2. The van der Waals surface area contributed by atoms with E-state index in [0.717, 1.165) is 17.3 Å². The molecule has 2 fully saturated rings. The molecular weight excluding hydrogens is 1360 g/mol. The summed E-state index contributed by atoms with van der Waals surface area (Å²) in [5, 5.41) is 3.80. The van der Waals surface area contributed by atoms with Crippen LogP contribution in [0.15, 0.2) is 344 Å². The van der Waals surface area contributed by atoms with E-state index in [2.05, 4.69) is 394 Å². The highest BCUT2D eigenvalue weighted by Crippen LogP contribution is 2.61. The van der Waals surface area contributed by atoms with E-state index in [0.29, 0.717) is 5.92 Å². The highest BCUT2D eigenvalue weighted by atomic mass is 79.9. The molecule has 20 rings (SSSR count). The van der Waals surface area contributed by atoms with Crippen molar-refractivity contribution in [3.8, 4) is 44.5 Å². The fourth-order valence-corrected chi connectivity index (χ4v) is 20.6. The van der Waals surface area contributed by atoms with Crippen LogP contribution in [0.25, 0.3) is 44.5 Å². The summed E-state index contributed by atoms with van der Waals surface area (Å²) in [6.45, 7) is 9.45. The predicted molar refractivity (Wildman–Crippen MR) is 453 cm³/mol. The van der Waals surface area contributed by atoms with Gasteiger partial charge in [-0.25, -0.2) is 0 Å².